The number of hydrogen-bond acceptors (Lipinski definition) is 4. The maximum atomic E-state index is 11.8. The summed E-state index contributed by atoms with van der Waals surface area (Å²) in [7, 11) is -3.42. The third-order valence-corrected chi connectivity index (χ3v) is 4.67. The molecule has 2 N–H and O–H groups in total. The molecule has 1 aromatic rings. The van der Waals surface area contributed by atoms with Crippen molar-refractivity contribution in [2.24, 2.45) is 0 Å². The summed E-state index contributed by atoms with van der Waals surface area (Å²) in [5.74, 6) is -0.949. The smallest absolute Gasteiger partial charge is 0.252 e. The van der Waals surface area contributed by atoms with Crippen molar-refractivity contribution in [3.8, 4) is 0 Å². The lowest BCUT2D eigenvalue weighted by Gasteiger charge is -2.11. The molecule has 1 rings (SSSR count). The summed E-state index contributed by atoms with van der Waals surface area (Å²) in [6.07, 6.45) is 0.996. The summed E-state index contributed by atoms with van der Waals surface area (Å²) in [5.41, 5.74) is 0.343. The van der Waals surface area contributed by atoms with E-state index in [1.165, 1.54) is 6.92 Å². The normalized spacial score (nSPS) is 12.5. The standard InChI is InChI=1S/C13H17ClN2O4S/c1-9(21(2,19)20)12(17)15-7-8-16-13(18)10-5-3-4-6-11(10)14/h3-6,9H,7-8H2,1-2H3,(H,15,17)(H,16,18)/t9-/m0/s1. The quantitative estimate of drug-likeness (QED) is 0.747. The van der Waals surface area contributed by atoms with Gasteiger partial charge < -0.3 is 10.6 Å². The Morgan fingerprint density at radius 1 is 1.19 bits per heavy atom. The predicted molar refractivity (Wildman–Crippen MR) is 81.1 cm³/mol. The van der Waals surface area contributed by atoms with E-state index < -0.39 is 21.0 Å². The van der Waals surface area contributed by atoms with Crippen LogP contribution in [0.25, 0.3) is 0 Å². The van der Waals surface area contributed by atoms with E-state index in [1.54, 1.807) is 24.3 Å². The van der Waals surface area contributed by atoms with Gasteiger partial charge >= 0.3 is 0 Å². The van der Waals surface area contributed by atoms with Gasteiger partial charge in [0.2, 0.25) is 5.91 Å². The topological polar surface area (TPSA) is 92.3 Å². The van der Waals surface area contributed by atoms with E-state index in [2.05, 4.69) is 10.6 Å². The van der Waals surface area contributed by atoms with E-state index in [0.29, 0.717) is 10.6 Å². The molecule has 0 aromatic heterocycles. The first-order chi connectivity index (χ1) is 9.73. The van der Waals surface area contributed by atoms with Crippen molar-refractivity contribution in [3.63, 3.8) is 0 Å². The Morgan fingerprint density at radius 2 is 1.76 bits per heavy atom. The molecule has 6 nitrogen and oxygen atoms in total. The lowest BCUT2D eigenvalue weighted by molar-refractivity contribution is -0.120. The van der Waals surface area contributed by atoms with E-state index in [9.17, 15) is 18.0 Å². The first-order valence-corrected chi connectivity index (χ1v) is 8.56. The SMILES string of the molecule is C[C@@H](C(=O)NCCNC(=O)c1ccccc1Cl)S(C)(=O)=O. The summed E-state index contributed by atoms with van der Waals surface area (Å²) < 4.78 is 22.4. The number of benzene rings is 1. The highest BCUT2D eigenvalue weighted by Gasteiger charge is 2.22. The Balaban J connectivity index is 2.40. The van der Waals surface area contributed by atoms with Crippen molar-refractivity contribution in [1.29, 1.82) is 0 Å². The van der Waals surface area contributed by atoms with Crippen LogP contribution in [0.4, 0.5) is 0 Å². The average Bonchev–Trinajstić information content (AvgIpc) is 2.41. The fourth-order valence-corrected chi connectivity index (χ4v) is 2.13. The van der Waals surface area contributed by atoms with Crippen LogP contribution in [-0.4, -0.2) is 44.8 Å². The van der Waals surface area contributed by atoms with Crippen molar-refractivity contribution in [3.05, 3.63) is 34.9 Å². The summed E-state index contributed by atoms with van der Waals surface area (Å²) in [6, 6.07) is 6.59. The number of rotatable bonds is 6. The van der Waals surface area contributed by atoms with E-state index in [1.807, 2.05) is 0 Å². The molecule has 0 bridgehead atoms. The first-order valence-electron chi connectivity index (χ1n) is 6.22. The molecule has 0 aliphatic rings. The highest BCUT2D eigenvalue weighted by Crippen LogP contribution is 2.14. The molecular weight excluding hydrogens is 316 g/mol. The van der Waals surface area contributed by atoms with Gasteiger partial charge in [-0.2, -0.15) is 0 Å². The Morgan fingerprint density at radius 3 is 2.33 bits per heavy atom. The monoisotopic (exact) mass is 332 g/mol. The second kappa shape index (κ2) is 7.42. The minimum atomic E-state index is -3.42. The second-order valence-electron chi connectivity index (χ2n) is 4.50. The Kier molecular flexibility index (Phi) is 6.17. The second-order valence-corrected chi connectivity index (χ2v) is 7.27. The highest BCUT2D eigenvalue weighted by molar-refractivity contribution is 7.92. The molecule has 0 aliphatic heterocycles. The summed E-state index contributed by atoms with van der Waals surface area (Å²) in [4.78, 5) is 23.3. The number of nitrogens with one attached hydrogen (secondary N) is 2. The molecule has 8 heteroatoms. The van der Waals surface area contributed by atoms with Gasteiger partial charge in [-0.1, -0.05) is 23.7 Å². The molecule has 1 atom stereocenters. The van der Waals surface area contributed by atoms with Crippen LogP contribution < -0.4 is 10.6 Å². The Bertz CT molecular complexity index is 631. The van der Waals surface area contributed by atoms with Gasteiger partial charge in [0, 0.05) is 19.3 Å². The lowest BCUT2D eigenvalue weighted by atomic mass is 10.2. The van der Waals surface area contributed by atoms with Crippen LogP contribution in [0.15, 0.2) is 24.3 Å². The fourth-order valence-electron chi connectivity index (χ4n) is 1.44. The zero-order valence-electron chi connectivity index (χ0n) is 11.7. The molecule has 2 amide bonds. The number of sulfone groups is 1. The lowest BCUT2D eigenvalue weighted by Crippen LogP contribution is -2.41. The number of amides is 2. The van der Waals surface area contributed by atoms with Gasteiger partial charge in [-0.05, 0) is 19.1 Å². The Labute approximate surface area is 128 Å². The van der Waals surface area contributed by atoms with Crippen molar-refractivity contribution in [2.45, 2.75) is 12.2 Å². The Hall–Kier alpha value is -1.60. The number of hydrogen-bond donors (Lipinski definition) is 2. The summed E-state index contributed by atoms with van der Waals surface area (Å²) >= 11 is 5.88. The average molecular weight is 333 g/mol. The van der Waals surface area contributed by atoms with Crippen LogP contribution in [0.5, 0.6) is 0 Å². The number of carbonyl (C=O) groups excluding carboxylic acids is 2. The van der Waals surface area contributed by atoms with Gasteiger partial charge in [0.15, 0.2) is 9.84 Å². The number of carbonyl (C=O) groups is 2. The van der Waals surface area contributed by atoms with Crippen molar-refractivity contribution in [2.75, 3.05) is 19.3 Å². The zero-order valence-corrected chi connectivity index (χ0v) is 13.3. The predicted octanol–water partition coefficient (Wildman–Crippen LogP) is 0.619. The largest absolute Gasteiger partial charge is 0.353 e. The molecule has 0 aliphatic carbocycles. The molecule has 1 aromatic carbocycles. The molecule has 0 saturated carbocycles. The van der Waals surface area contributed by atoms with Gasteiger partial charge in [0.05, 0.1) is 10.6 Å². The van der Waals surface area contributed by atoms with Crippen molar-refractivity contribution >= 4 is 33.3 Å². The van der Waals surface area contributed by atoms with Gasteiger partial charge in [0.25, 0.3) is 5.91 Å². The molecular formula is C13H17ClN2O4S. The maximum Gasteiger partial charge on any atom is 0.252 e. The first kappa shape index (κ1) is 17.5. The van der Waals surface area contributed by atoms with Crippen molar-refractivity contribution < 1.29 is 18.0 Å². The van der Waals surface area contributed by atoms with Crippen LogP contribution in [0.3, 0.4) is 0 Å². The highest BCUT2D eigenvalue weighted by atomic mass is 35.5. The molecule has 0 spiro atoms. The van der Waals surface area contributed by atoms with Crippen LogP contribution in [0.1, 0.15) is 17.3 Å². The molecule has 0 heterocycles. The number of halogens is 1. The van der Waals surface area contributed by atoms with Crippen LogP contribution in [-0.2, 0) is 14.6 Å². The van der Waals surface area contributed by atoms with E-state index in [0.717, 1.165) is 6.26 Å². The minimum Gasteiger partial charge on any atom is -0.353 e. The molecule has 0 fully saturated rings. The maximum absolute atomic E-state index is 11.8. The van der Waals surface area contributed by atoms with Crippen LogP contribution in [0.2, 0.25) is 5.02 Å². The van der Waals surface area contributed by atoms with Gasteiger partial charge in [-0.3, -0.25) is 9.59 Å². The van der Waals surface area contributed by atoms with E-state index >= 15 is 0 Å². The van der Waals surface area contributed by atoms with Gasteiger partial charge in [0.1, 0.15) is 5.25 Å². The molecule has 0 radical (unpaired) electrons. The van der Waals surface area contributed by atoms with E-state index in [4.69, 9.17) is 11.6 Å². The summed E-state index contributed by atoms with van der Waals surface area (Å²) in [6.45, 7) is 1.62. The summed E-state index contributed by atoms with van der Waals surface area (Å²) in [5, 5.41) is 4.25. The zero-order chi connectivity index (χ0) is 16.0. The third-order valence-electron chi connectivity index (χ3n) is 2.84. The van der Waals surface area contributed by atoms with Gasteiger partial charge in [-0.15, -0.1) is 0 Å². The van der Waals surface area contributed by atoms with Crippen molar-refractivity contribution in [1.82, 2.24) is 10.6 Å². The van der Waals surface area contributed by atoms with Gasteiger partial charge in [-0.25, -0.2) is 8.42 Å². The van der Waals surface area contributed by atoms with Crippen LogP contribution >= 0.6 is 11.6 Å². The fraction of sp³-hybridized carbons (Fsp3) is 0.385. The minimum absolute atomic E-state index is 0.134. The third kappa shape index (κ3) is 5.35. The molecule has 21 heavy (non-hydrogen) atoms. The molecule has 0 unspecified atom stereocenters. The van der Waals surface area contributed by atoms with Crippen LogP contribution in [0, 0.1) is 0 Å². The molecule has 116 valence electrons. The molecule has 0 saturated heterocycles. The van der Waals surface area contributed by atoms with E-state index in [-0.39, 0.29) is 19.0 Å².